The molecule has 1 aliphatic carbocycles. The summed E-state index contributed by atoms with van der Waals surface area (Å²) in [4.78, 5) is 0. The van der Waals surface area contributed by atoms with Crippen LogP contribution in [0.2, 0.25) is 0 Å². The van der Waals surface area contributed by atoms with E-state index in [2.05, 4.69) is 5.32 Å². The van der Waals surface area contributed by atoms with Crippen molar-refractivity contribution in [1.82, 2.24) is 5.32 Å². The molecule has 0 unspecified atom stereocenters. The number of halogens is 1. The average Bonchev–Trinajstić information content (AvgIpc) is 2.42. The Morgan fingerprint density at radius 3 is 2.72 bits per heavy atom. The van der Waals surface area contributed by atoms with Crippen molar-refractivity contribution in [3.8, 4) is 5.75 Å². The van der Waals surface area contributed by atoms with Gasteiger partial charge in [-0.3, -0.25) is 0 Å². The number of hydrogen-bond acceptors (Lipinski definition) is 2. The first kappa shape index (κ1) is 13.3. The van der Waals surface area contributed by atoms with Crippen LogP contribution in [0.1, 0.15) is 38.5 Å². The van der Waals surface area contributed by atoms with Crippen LogP contribution in [0.25, 0.3) is 0 Å². The molecule has 100 valence electrons. The van der Waals surface area contributed by atoms with E-state index in [1.165, 1.54) is 38.2 Å². The van der Waals surface area contributed by atoms with Gasteiger partial charge in [0.25, 0.3) is 0 Å². The van der Waals surface area contributed by atoms with E-state index >= 15 is 0 Å². The van der Waals surface area contributed by atoms with Gasteiger partial charge in [-0.25, -0.2) is 4.39 Å². The highest BCUT2D eigenvalue weighted by Gasteiger charge is 2.11. The van der Waals surface area contributed by atoms with Crippen molar-refractivity contribution in [1.29, 1.82) is 0 Å². The van der Waals surface area contributed by atoms with Crippen LogP contribution >= 0.6 is 0 Å². The standard InChI is InChI=1S/C15H22FNO/c16-14-9-4-5-10-15(14)18-12-6-11-17-13-7-2-1-3-8-13/h4-5,9-10,13,17H,1-3,6-8,11-12H2. The Balaban J connectivity index is 1.57. The zero-order chi connectivity index (χ0) is 12.6. The molecule has 1 aromatic rings. The first-order chi connectivity index (χ1) is 8.86. The molecule has 0 atom stereocenters. The number of ether oxygens (including phenoxy) is 1. The summed E-state index contributed by atoms with van der Waals surface area (Å²) in [6.45, 7) is 1.53. The topological polar surface area (TPSA) is 21.3 Å². The zero-order valence-corrected chi connectivity index (χ0v) is 10.8. The molecule has 2 nitrogen and oxygen atoms in total. The van der Waals surface area contributed by atoms with Crippen molar-refractivity contribution in [2.24, 2.45) is 0 Å². The highest BCUT2D eigenvalue weighted by Crippen LogP contribution is 2.17. The minimum absolute atomic E-state index is 0.280. The Bertz CT molecular complexity index is 350. The van der Waals surface area contributed by atoms with E-state index in [4.69, 9.17) is 4.74 Å². The molecule has 0 amide bonds. The van der Waals surface area contributed by atoms with Crippen molar-refractivity contribution in [2.45, 2.75) is 44.6 Å². The fourth-order valence-corrected chi connectivity index (χ4v) is 2.43. The van der Waals surface area contributed by atoms with E-state index in [1.54, 1.807) is 18.2 Å². The van der Waals surface area contributed by atoms with Crippen LogP contribution in [0.4, 0.5) is 4.39 Å². The van der Waals surface area contributed by atoms with E-state index in [0.29, 0.717) is 18.4 Å². The molecule has 1 N–H and O–H groups in total. The Morgan fingerprint density at radius 1 is 1.17 bits per heavy atom. The molecular weight excluding hydrogens is 229 g/mol. The largest absolute Gasteiger partial charge is 0.490 e. The summed E-state index contributed by atoms with van der Waals surface area (Å²) in [5.74, 6) is 0.0768. The minimum atomic E-state index is -0.280. The molecule has 1 aliphatic rings. The summed E-state index contributed by atoms with van der Waals surface area (Å²) in [7, 11) is 0. The maximum absolute atomic E-state index is 13.2. The van der Waals surface area contributed by atoms with Gasteiger partial charge in [0.2, 0.25) is 0 Å². The van der Waals surface area contributed by atoms with Gasteiger partial charge in [0.1, 0.15) is 0 Å². The summed E-state index contributed by atoms with van der Waals surface area (Å²) < 4.78 is 18.7. The third-order valence-corrected chi connectivity index (χ3v) is 3.45. The van der Waals surface area contributed by atoms with Gasteiger partial charge in [-0.05, 0) is 37.9 Å². The average molecular weight is 251 g/mol. The Labute approximate surface area is 109 Å². The minimum Gasteiger partial charge on any atom is -0.490 e. The molecule has 0 saturated heterocycles. The van der Waals surface area contributed by atoms with E-state index in [-0.39, 0.29) is 5.82 Å². The summed E-state index contributed by atoms with van der Waals surface area (Å²) in [5.41, 5.74) is 0. The fourth-order valence-electron chi connectivity index (χ4n) is 2.43. The summed E-state index contributed by atoms with van der Waals surface area (Å²) >= 11 is 0. The number of para-hydroxylation sites is 1. The van der Waals surface area contributed by atoms with Crippen molar-refractivity contribution in [3.63, 3.8) is 0 Å². The van der Waals surface area contributed by atoms with Gasteiger partial charge < -0.3 is 10.1 Å². The Morgan fingerprint density at radius 2 is 1.94 bits per heavy atom. The molecule has 0 spiro atoms. The maximum atomic E-state index is 13.2. The van der Waals surface area contributed by atoms with Crippen molar-refractivity contribution in [2.75, 3.05) is 13.2 Å². The molecule has 0 heterocycles. The van der Waals surface area contributed by atoms with Crippen LogP contribution in [-0.2, 0) is 0 Å². The Hall–Kier alpha value is -1.09. The molecule has 0 bridgehead atoms. The molecule has 1 fully saturated rings. The predicted octanol–water partition coefficient (Wildman–Crippen LogP) is 3.52. The number of nitrogens with one attached hydrogen (secondary N) is 1. The van der Waals surface area contributed by atoms with Crippen molar-refractivity contribution in [3.05, 3.63) is 30.1 Å². The van der Waals surface area contributed by atoms with Gasteiger partial charge in [-0.2, -0.15) is 0 Å². The van der Waals surface area contributed by atoms with Gasteiger partial charge in [0, 0.05) is 6.04 Å². The monoisotopic (exact) mass is 251 g/mol. The van der Waals surface area contributed by atoms with Gasteiger partial charge in [0.05, 0.1) is 6.61 Å². The SMILES string of the molecule is Fc1ccccc1OCCCNC1CCCCC1. The molecular formula is C15H22FNO. The quantitative estimate of drug-likeness (QED) is 0.781. The number of hydrogen-bond donors (Lipinski definition) is 1. The van der Waals surface area contributed by atoms with Gasteiger partial charge >= 0.3 is 0 Å². The van der Waals surface area contributed by atoms with E-state index in [9.17, 15) is 4.39 Å². The predicted molar refractivity (Wildman–Crippen MR) is 71.4 cm³/mol. The van der Waals surface area contributed by atoms with Gasteiger partial charge in [0.15, 0.2) is 11.6 Å². The smallest absolute Gasteiger partial charge is 0.165 e. The lowest BCUT2D eigenvalue weighted by Gasteiger charge is -2.22. The van der Waals surface area contributed by atoms with Crippen LogP contribution in [-0.4, -0.2) is 19.2 Å². The maximum Gasteiger partial charge on any atom is 0.165 e. The van der Waals surface area contributed by atoms with Crippen LogP contribution in [0.5, 0.6) is 5.75 Å². The molecule has 2 rings (SSSR count). The molecule has 18 heavy (non-hydrogen) atoms. The van der Waals surface area contributed by atoms with E-state index in [0.717, 1.165) is 13.0 Å². The lowest BCUT2D eigenvalue weighted by Crippen LogP contribution is -2.32. The van der Waals surface area contributed by atoms with Gasteiger partial charge in [-0.1, -0.05) is 31.4 Å². The molecule has 0 radical (unpaired) electrons. The van der Waals surface area contributed by atoms with Crippen LogP contribution in [0.15, 0.2) is 24.3 Å². The molecule has 0 aromatic heterocycles. The van der Waals surface area contributed by atoms with Crippen molar-refractivity contribution >= 4 is 0 Å². The van der Waals surface area contributed by atoms with E-state index < -0.39 is 0 Å². The lowest BCUT2D eigenvalue weighted by atomic mass is 9.95. The zero-order valence-electron chi connectivity index (χ0n) is 10.8. The Kier molecular flexibility index (Phi) is 5.46. The molecule has 1 saturated carbocycles. The van der Waals surface area contributed by atoms with Crippen molar-refractivity contribution < 1.29 is 9.13 Å². The second kappa shape index (κ2) is 7.37. The van der Waals surface area contributed by atoms with Crippen LogP contribution in [0.3, 0.4) is 0 Å². The first-order valence-corrected chi connectivity index (χ1v) is 6.97. The molecule has 1 aromatic carbocycles. The molecule has 0 aliphatic heterocycles. The van der Waals surface area contributed by atoms with Crippen LogP contribution < -0.4 is 10.1 Å². The number of rotatable bonds is 6. The second-order valence-electron chi connectivity index (χ2n) is 4.92. The lowest BCUT2D eigenvalue weighted by molar-refractivity contribution is 0.285. The van der Waals surface area contributed by atoms with E-state index in [1.807, 2.05) is 0 Å². The number of benzene rings is 1. The summed E-state index contributed by atoms with van der Waals surface area (Å²) in [6.07, 6.45) is 7.61. The van der Waals surface area contributed by atoms with Crippen LogP contribution in [0, 0.1) is 5.82 Å². The molecule has 3 heteroatoms. The third kappa shape index (κ3) is 4.30. The normalized spacial score (nSPS) is 16.7. The summed E-state index contributed by atoms with van der Waals surface area (Å²) in [6, 6.07) is 7.25. The summed E-state index contributed by atoms with van der Waals surface area (Å²) in [5, 5.41) is 3.55. The van der Waals surface area contributed by atoms with Gasteiger partial charge in [-0.15, -0.1) is 0 Å². The highest BCUT2D eigenvalue weighted by molar-refractivity contribution is 5.23. The highest BCUT2D eigenvalue weighted by atomic mass is 19.1. The third-order valence-electron chi connectivity index (χ3n) is 3.45. The second-order valence-corrected chi connectivity index (χ2v) is 4.92. The first-order valence-electron chi connectivity index (χ1n) is 6.97. The fraction of sp³-hybridized carbons (Fsp3) is 0.600.